The van der Waals surface area contributed by atoms with E-state index < -0.39 is 0 Å². The van der Waals surface area contributed by atoms with Gasteiger partial charge in [-0.1, -0.05) is 28.8 Å². The predicted octanol–water partition coefficient (Wildman–Crippen LogP) is 2.53. The largest absolute Gasteiger partial charge is 0.507 e. The molecule has 0 atom stereocenters. The number of nitrogens with zero attached hydrogens (tertiary/aromatic N) is 1. The maximum Gasteiger partial charge on any atom is 0.257 e. The number of benzene rings is 1. The molecular formula is C14H18BrNO3. The molecule has 0 spiro atoms. The van der Waals surface area contributed by atoms with Crippen LogP contribution in [0.3, 0.4) is 0 Å². The highest BCUT2D eigenvalue weighted by Gasteiger charge is 2.28. The Kier molecular flexibility index (Phi) is 4.82. The van der Waals surface area contributed by atoms with Gasteiger partial charge in [-0.25, -0.2) is 0 Å². The summed E-state index contributed by atoms with van der Waals surface area (Å²) in [6.45, 7) is 0.256. The lowest BCUT2D eigenvalue weighted by atomic mass is 10.1. The van der Waals surface area contributed by atoms with E-state index in [1.54, 1.807) is 17.0 Å². The number of aliphatic hydroxyl groups excluding tert-OH is 1. The van der Waals surface area contributed by atoms with Crippen LogP contribution >= 0.6 is 15.9 Å². The fraction of sp³-hybridized carbons (Fsp3) is 0.500. The zero-order valence-corrected chi connectivity index (χ0v) is 12.3. The molecule has 4 nitrogen and oxygen atoms in total. The van der Waals surface area contributed by atoms with Gasteiger partial charge in [0, 0.05) is 17.1 Å². The molecule has 1 aliphatic carbocycles. The van der Waals surface area contributed by atoms with Gasteiger partial charge in [0.25, 0.3) is 5.91 Å². The van der Waals surface area contributed by atoms with Crippen molar-refractivity contribution in [2.24, 2.45) is 0 Å². The van der Waals surface area contributed by atoms with Gasteiger partial charge in [-0.05, 0) is 31.0 Å². The highest BCUT2D eigenvalue weighted by atomic mass is 79.9. The van der Waals surface area contributed by atoms with Crippen molar-refractivity contribution in [2.45, 2.75) is 31.7 Å². The van der Waals surface area contributed by atoms with Crippen LogP contribution in [0.15, 0.2) is 22.7 Å². The van der Waals surface area contributed by atoms with Crippen molar-refractivity contribution in [1.29, 1.82) is 0 Å². The second kappa shape index (κ2) is 6.39. The zero-order chi connectivity index (χ0) is 13.8. The molecule has 5 heteroatoms. The third kappa shape index (κ3) is 3.28. The van der Waals surface area contributed by atoms with Gasteiger partial charge in [-0.15, -0.1) is 0 Å². The monoisotopic (exact) mass is 327 g/mol. The van der Waals surface area contributed by atoms with Crippen LogP contribution in [0, 0.1) is 0 Å². The van der Waals surface area contributed by atoms with E-state index in [4.69, 9.17) is 5.11 Å². The summed E-state index contributed by atoms with van der Waals surface area (Å²) < 4.78 is 0.754. The van der Waals surface area contributed by atoms with Crippen LogP contribution in [0.5, 0.6) is 5.75 Å². The highest BCUT2D eigenvalue weighted by Crippen LogP contribution is 2.28. The minimum atomic E-state index is -0.209. The number of aliphatic hydroxyl groups is 1. The van der Waals surface area contributed by atoms with Crippen molar-refractivity contribution in [3.05, 3.63) is 28.2 Å². The summed E-state index contributed by atoms with van der Waals surface area (Å²) in [7, 11) is 0. The second-order valence-corrected chi connectivity index (χ2v) is 5.74. The Labute approximate surface area is 121 Å². The number of phenols is 1. The maximum atomic E-state index is 12.5. The van der Waals surface area contributed by atoms with Gasteiger partial charge in [0.2, 0.25) is 0 Å². The van der Waals surface area contributed by atoms with Crippen molar-refractivity contribution in [2.75, 3.05) is 13.2 Å². The van der Waals surface area contributed by atoms with E-state index in [-0.39, 0.29) is 29.9 Å². The lowest BCUT2D eigenvalue weighted by Gasteiger charge is -2.28. The fourth-order valence-corrected chi connectivity index (χ4v) is 2.97. The summed E-state index contributed by atoms with van der Waals surface area (Å²) in [5, 5.41) is 19.0. The molecular weight excluding hydrogens is 310 g/mol. The molecule has 0 radical (unpaired) electrons. The molecule has 0 bridgehead atoms. The number of rotatable bonds is 4. The summed E-state index contributed by atoms with van der Waals surface area (Å²) in [6.07, 6.45) is 4.18. The molecule has 2 N–H and O–H groups in total. The lowest BCUT2D eigenvalue weighted by molar-refractivity contribution is 0.0635. The number of amides is 1. The smallest absolute Gasteiger partial charge is 0.257 e. The first-order valence-electron chi connectivity index (χ1n) is 6.54. The SMILES string of the molecule is O=C(c1cc(Br)ccc1O)N(CCO)C1CCCC1. The highest BCUT2D eigenvalue weighted by molar-refractivity contribution is 9.10. The molecule has 1 amide bonds. The minimum Gasteiger partial charge on any atom is -0.507 e. The average molecular weight is 328 g/mol. The molecule has 1 saturated carbocycles. The molecule has 0 heterocycles. The normalized spacial score (nSPS) is 15.7. The van der Waals surface area contributed by atoms with Crippen LogP contribution in [0.25, 0.3) is 0 Å². The van der Waals surface area contributed by atoms with Gasteiger partial charge in [0.05, 0.1) is 12.2 Å². The Hall–Kier alpha value is -1.07. The Morgan fingerprint density at radius 2 is 2.05 bits per heavy atom. The number of carbonyl (C=O) groups is 1. The molecule has 1 fully saturated rings. The molecule has 2 rings (SSSR count). The Bertz CT molecular complexity index is 458. The summed E-state index contributed by atoms with van der Waals surface area (Å²) in [4.78, 5) is 14.2. The van der Waals surface area contributed by atoms with Crippen LogP contribution in [0.1, 0.15) is 36.0 Å². The maximum absolute atomic E-state index is 12.5. The average Bonchev–Trinajstić information content (AvgIpc) is 2.92. The molecule has 1 aromatic rings. The topological polar surface area (TPSA) is 60.8 Å². The van der Waals surface area contributed by atoms with Crippen molar-refractivity contribution in [3.63, 3.8) is 0 Å². The number of hydrogen-bond donors (Lipinski definition) is 2. The molecule has 0 aromatic heterocycles. The van der Waals surface area contributed by atoms with E-state index in [2.05, 4.69) is 15.9 Å². The first kappa shape index (κ1) is 14.3. The van der Waals surface area contributed by atoms with Crippen molar-refractivity contribution in [3.8, 4) is 5.75 Å². The van der Waals surface area contributed by atoms with Gasteiger partial charge in [-0.2, -0.15) is 0 Å². The first-order chi connectivity index (χ1) is 9.13. The molecule has 104 valence electrons. The van der Waals surface area contributed by atoms with Crippen LogP contribution in [-0.4, -0.2) is 40.2 Å². The van der Waals surface area contributed by atoms with E-state index in [0.29, 0.717) is 6.54 Å². The Morgan fingerprint density at radius 1 is 1.37 bits per heavy atom. The summed E-state index contributed by atoms with van der Waals surface area (Å²) in [5.41, 5.74) is 0.287. The predicted molar refractivity (Wildman–Crippen MR) is 76.2 cm³/mol. The van der Waals surface area contributed by atoms with Crippen LogP contribution in [0.4, 0.5) is 0 Å². The van der Waals surface area contributed by atoms with Crippen molar-refractivity contribution < 1.29 is 15.0 Å². The molecule has 0 aliphatic heterocycles. The zero-order valence-electron chi connectivity index (χ0n) is 10.7. The fourth-order valence-electron chi connectivity index (χ4n) is 2.61. The molecule has 0 saturated heterocycles. The van der Waals surface area contributed by atoms with Gasteiger partial charge in [-0.3, -0.25) is 4.79 Å². The quantitative estimate of drug-likeness (QED) is 0.893. The second-order valence-electron chi connectivity index (χ2n) is 4.82. The first-order valence-corrected chi connectivity index (χ1v) is 7.33. The third-order valence-electron chi connectivity index (χ3n) is 3.56. The minimum absolute atomic E-state index is 0.0193. The number of phenolic OH excluding ortho intramolecular Hbond substituents is 1. The van der Waals surface area contributed by atoms with E-state index >= 15 is 0 Å². The van der Waals surface area contributed by atoms with Crippen molar-refractivity contribution in [1.82, 2.24) is 4.90 Å². The molecule has 19 heavy (non-hydrogen) atoms. The van der Waals surface area contributed by atoms with Gasteiger partial charge < -0.3 is 15.1 Å². The Balaban J connectivity index is 2.25. The van der Waals surface area contributed by atoms with Crippen LogP contribution in [0.2, 0.25) is 0 Å². The lowest BCUT2D eigenvalue weighted by Crippen LogP contribution is -2.40. The van der Waals surface area contributed by atoms with Gasteiger partial charge in [0.1, 0.15) is 5.75 Å². The standard InChI is InChI=1S/C14H18BrNO3/c15-10-5-6-13(18)12(9-10)14(19)16(7-8-17)11-3-1-2-4-11/h5-6,9,11,17-18H,1-4,7-8H2. The number of hydrogen-bond acceptors (Lipinski definition) is 3. The summed E-state index contributed by atoms with van der Waals surface area (Å²) in [6, 6.07) is 5.00. The molecule has 0 unspecified atom stereocenters. The van der Waals surface area contributed by atoms with Crippen LogP contribution in [-0.2, 0) is 0 Å². The van der Waals surface area contributed by atoms with Crippen molar-refractivity contribution >= 4 is 21.8 Å². The molecule has 1 aromatic carbocycles. The number of halogens is 1. The van der Waals surface area contributed by atoms with E-state index in [9.17, 15) is 9.90 Å². The summed E-state index contributed by atoms with van der Waals surface area (Å²) in [5.74, 6) is -0.228. The number of aromatic hydroxyl groups is 1. The van der Waals surface area contributed by atoms with E-state index in [1.807, 2.05) is 0 Å². The van der Waals surface area contributed by atoms with Gasteiger partial charge in [0.15, 0.2) is 0 Å². The summed E-state index contributed by atoms with van der Waals surface area (Å²) >= 11 is 3.31. The van der Waals surface area contributed by atoms with E-state index in [1.165, 1.54) is 6.07 Å². The molecule has 1 aliphatic rings. The van der Waals surface area contributed by atoms with Gasteiger partial charge >= 0.3 is 0 Å². The number of carbonyl (C=O) groups excluding carboxylic acids is 1. The van der Waals surface area contributed by atoms with Crippen LogP contribution < -0.4 is 0 Å². The van der Waals surface area contributed by atoms with E-state index in [0.717, 1.165) is 30.2 Å². The Morgan fingerprint density at radius 3 is 2.68 bits per heavy atom. The third-order valence-corrected chi connectivity index (χ3v) is 4.05.